The molecule has 38 heavy (non-hydrogen) atoms. The van der Waals surface area contributed by atoms with E-state index in [2.05, 4.69) is 92.8 Å². The minimum absolute atomic E-state index is 0.0928. The lowest BCUT2D eigenvalue weighted by Gasteiger charge is -2.29. The molecule has 1 aromatic heterocycles. The van der Waals surface area contributed by atoms with Gasteiger partial charge < -0.3 is 15.0 Å². The molecule has 3 aromatic rings. The number of aromatic amines is 1. The van der Waals surface area contributed by atoms with Crippen LogP contribution in [-0.2, 0) is 23.2 Å². The van der Waals surface area contributed by atoms with Crippen molar-refractivity contribution in [1.82, 2.24) is 14.8 Å². The van der Waals surface area contributed by atoms with Gasteiger partial charge in [-0.15, -0.1) is 6.58 Å². The second-order valence-electron chi connectivity index (χ2n) is 11.5. The van der Waals surface area contributed by atoms with Gasteiger partial charge in [-0.05, 0) is 60.4 Å². The molecule has 0 unspecified atom stereocenters. The SMILES string of the molecule is C=CCC[C@@H](O)CN(CCCC)CC(=O)N(CCc1c[nH]c2ccccc12)Cc1ccc(C(C)(C)C)cc1. The van der Waals surface area contributed by atoms with Crippen molar-refractivity contribution in [2.24, 2.45) is 0 Å². The summed E-state index contributed by atoms with van der Waals surface area (Å²) in [6, 6.07) is 17.0. The Morgan fingerprint density at radius 2 is 1.84 bits per heavy atom. The van der Waals surface area contributed by atoms with E-state index in [4.69, 9.17) is 0 Å². The zero-order valence-electron chi connectivity index (χ0n) is 23.9. The third-order valence-corrected chi connectivity index (χ3v) is 7.23. The number of amides is 1. The van der Waals surface area contributed by atoms with Crippen LogP contribution >= 0.6 is 0 Å². The summed E-state index contributed by atoms with van der Waals surface area (Å²) in [5.74, 6) is 0.108. The highest BCUT2D eigenvalue weighted by atomic mass is 16.3. The van der Waals surface area contributed by atoms with E-state index in [-0.39, 0.29) is 11.3 Å². The fourth-order valence-corrected chi connectivity index (χ4v) is 4.82. The number of hydrogen-bond donors (Lipinski definition) is 2. The summed E-state index contributed by atoms with van der Waals surface area (Å²) in [6.45, 7) is 15.4. The number of aliphatic hydroxyl groups is 1. The summed E-state index contributed by atoms with van der Waals surface area (Å²) >= 11 is 0. The lowest BCUT2D eigenvalue weighted by molar-refractivity contribution is -0.133. The molecule has 5 nitrogen and oxygen atoms in total. The van der Waals surface area contributed by atoms with Crippen molar-refractivity contribution >= 4 is 16.8 Å². The molecule has 0 bridgehead atoms. The number of allylic oxidation sites excluding steroid dienone is 1. The van der Waals surface area contributed by atoms with Crippen LogP contribution in [0.25, 0.3) is 10.9 Å². The number of aromatic nitrogens is 1. The van der Waals surface area contributed by atoms with E-state index in [0.717, 1.165) is 43.3 Å². The predicted molar refractivity (Wildman–Crippen MR) is 159 cm³/mol. The molecule has 0 aliphatic carbocycles. The highest BCUT2D eigenvalue weighted by Crippen LogP contribution is 2.23. The molecule has 2 aromatic carbocycles. The lowest BCUT2D eigenvalue weighted by atomic mass is 9.87. The number of fused-ring (bicyclic) bond motifs is 1. The molecule has 1 heterocycles. The Hall–Kier alpha value is -2.89. The number of carbonyl (C=O) groups excluding carboxylic acids is 1. The number of H-pyrrole nitrogens is 1. The fraction of sp³-hybridized carbons (Fsp3) is 0.485. The molecule has 0 saturated carbocycles. The van der Waals surface area contributed by atoms with Crippen LogP contribution in [0.15, 0.2) is 67.4 Å². The molecule has 0 fully saturated rings. The number of benzene rings is 2. The number of aliphatic hydroxyl groups excluding tert-OH is 1. The molecule has 0 radical (unpaired) electrons. The molecule has 206 valence electrons. The van der Waals surface area contributed by atoms with E-state index < -0.39 is 6.10 Å². The van der Waals surface area contributed by atoms with Gasteiger partial charge in [-0.3, -0.25) is 9.69 Å². The minimum Gasteiger partial charge on any atom is -0.392 e. The van der Waals surface area contributed by atoms with Crippen molar-refractivity contribution in [3.8, 4) is 0 Å². The molecule has 1 atom stereocenters. The van der Waals surface area contributed by atoms with Crippen LogP contribution in [0.2, 0.25) is 0 Å². The third-order valence-electron chi connectivity index (χ3n) is 7.23. The van der Waals surface area contributed by atoms with Crippen LogP contribution in [0.1, 0.15) is 70.1 Å². The smallest absolute Gasteiger partial charge is 0.237 e. The van der Waals surface area contributed by atoms with Crippen LogP contribution in [-0.4, -0.2) is 58.1 Å². The van der Waals surface area contributed by atoms with Gasteiger partial charge in [0.15, 0.2) is 0 Å². The highest BCUT2D eigenvalue weighted by molar-refractivity contribution is 5.83. The number of rotatable bonds is 15. The van der Waals surface area contributed by atoms with Crippen LogP contribution < -0.4 is 0 Å². The average Bonchev–Trinajstić information content (AvgIpc) is 3.31. The minimum atomic E-state index is -0.456. The normalized spacial score (nSPS) is 12.7. The van der Waals surface area contributed by atoms with Crippen molar-refractivity contribution in [1.29, 1.82) is 0 Å². The van der Waals surface area contributed by atoms with Crippen LogP contribution in [0.4, 0.5) is 0 Å². The molecule has 0 aliphatic heterocycles. The van der Waals surface area contributed by atoms with E-state index in [9.17, 15) is 9.90 Å². The zero-order chi connectivity index (χ0) is 27.5. The fourth-order valence-electron chi connectivity index (χ4n) is 4.82. The van der Waals surface area contributed by atoms with Crippen LogP contribution in [0, 0.1) is 0 Å². The summed E-state index contributed by atoms with van der Waals surface area (Å²) in [6.07, 6.45) is 7.73. The summed E-state index contributed by atoms with van der Waals surface area (Å²) in [4.78, 5) is 21.2. The number of nitrogens with zero attached hydrogens (tertiary/aromatic N) is 2. The topological polar surface area (TPSA) is 59.6 Å². The molecule has 0 saturated heterocycles. The molecule has 1 amide bonds. The number of unbranched alkanes of at least 4 members (excludes halogenated alkanes) is 1. The molecule has 5 heteroatoms. The van der Waals surface area contributed by atoms with Gasteiger partial charge in [0.1, 0.15) is 0 Å². The van der Waals surface area contributed by atoms with Gasteiger partial charge in [0.2, 0.25) is 5.91 Å². The van der Waals surface area contributed by atoms with E-state index >= 15 is 0 Å². The average molecular weight is 518 g/mol. The molecule has 3 rings (SSSR count). The Labute approximate surface area is 229 Å². The quantitative estimate of drug-likeness (QED) is 0.227. The maximum Gasteiger partial charge on any atom is 0.237 e. The standard InChI is InChI=1S/C33H47N3O2/c1-6-8-12-29(37)24-35(20-9-7-2)25-32(38)36(23-26-15-17-28(18-16-26)33(3,4)5)21-19-27-22-34-31-14-11-10-13-30(27)31/h6,10-11,13-18,22,29,34,37H,1,7-9,12,19-21,23-25H2,2-5H3/t29-/m1/s1. The first-order valence-corrected chi connectivity index (χ1v) is 14.1. The summed E-state index contributed by atoms with van der Waals surface area (Å²) in [7, 11) is 0. The van der Waals surface area contributed by atoms with Crippen molar-refractivity contribution in [3.05, 3.63) is 84.1 Å². The maximum absolute atomic E-state index is 13.7. The van der Waals surface area contributed by atoms with Gasteiger partial charge in [-0.2, -0.15) is 0 Å². The number of hydrogen-bond acceptors (Lipinski definition) is 3. The zero-order valence-corrected chi connectivity index (χ0v) is 23.9. The highest BCUT2D eigenvalue weighted by Gasteiger charge is 2.21. The Morgan fingerprint density at radius 3 is 2.53 bits per heavy atom. The van der Waals surface area contributed by atoms with Crippen LogP contribution in [0.5, 0.6) is 0 Å². The molecular weight excluding hydrogens is 470 g/mol. The Kier molecular flexibility index (Phi) is 11.2. The van der Waals surface area contributed by atoms with Gasteiger partial charge in [0.05, 0.1) is 12.6 Å². The van der Waals surface area contributed by atoms with Crippen molar-refractivity contribution < 1.29 is 9.90 Å². The Morgan fingerprint density at radius 1 is 1.11 bits per heavy atom. The Balaban J connectivity index is 1.76. The van der Waals surface area contributed by atoms with Gasteiger partial charge in [0, 0.05) is 36.7 Å². The van der Waals surface area contributed by atoms with E-state index in [1.54, 1.807) is 0 Å². The summed E-state index contributed by atoms with van der Waals surface area (Å²) < 4.78 is 0. The lowest BCUT2D eigenvalue weighted by Crippen LogP contribution is -2.43. The molecule has 0 aliphatic rings. The molecular formula is C33H47N3O2. The summed E-state index contributed by atoms with van der Waals surface area (Å²) in [5.41, 5.74) is 4.87. The first-order chi connectivity index (χ1) is 18.2. The third kappa shape index (κ3) is 8.85. The monoisotopic (exact) mass is 517 g/mol. The first-order valence-electron chi connectivity index (χ1n) is 14.1. The molecule has 0 spiro atoms. The van der Waals surface area contributed by atoms with Gasteiger partial charge in [-0.1, -0.05) is 82.7 Å². The maximum atomic E-state index is 13.7. The summed E-state index contributed by atoms with van der Waals surface area (Å²) in [5, 5.41) is 11.8. The second kappa shape index (κ2) is 14.3. The van der Waals surface area contributed by atoms with Crippen LogP contribution in [0.3, 0.4) is 0 Å². The van der Waals surface area contributed by atoms with Crippen molar-refractivity contribution in [2.45, 2.75) is 77.9 Å². The predicted octanol–water partition coefficient (Wildman–Crippen LogP) is 6.47. The number of nitrogens with one attached hydrogen (secondary N) is 1. The van der Waals surface area contributed by atoms with E-state index in [1.807, 2.05) is 17.0 Å². The van der Waals surface area contributed by atoms with E-state index in [0.29, 0.717) is 32.6 Å². The largest absolute Gasteiger partial charge is 0.392 e. The first kappa shape index (κ1) is 29.7. The van der Waals surface area contributed by atoms with Gasteiger partial charge in [0.25, 0.3) is 0 Å². The van der Waals surface area contributed by atoms with Gasteiger partial charge >= 0.3 is 0 Å². The van der Waals surface area contributed by atoms with Crippen molar-refractivity contribution in [3.63, 3.8) is 0 Å². The molecule has 2 N–H and O–H groups in total. The second-order valence-corrected chi connectivity index (χ2v) is 11.5. The number of carbonyl (C=O) groups is 1. The van der Waals surface area contributed by atoms with E-state index in [1.165, 1.54) is 16.5 Å². The Bertz CT molecular complexity index is 1140. The van der Waals surface area contributed by atoms with Gasteiger partial charge in [-0.25, -0.2) is 0 Å². The van der Waals surface area contributed by atoms with Crippen molar-refractivity contribution in [2.75, 3.05) is 26.2 Å². The number of para-hydroxylation sites is 1.